The average Bonchev–Trinajstić information content (AvgIpc) is 3.18. The monoisotopic (exact) mass is 437 g/mol. The number of nitrogens with one attached hydrogen (secondary N) is 2. The molecule has 1 aliphatic carbocycles. The van der Waals surface area contributed by atoms with Gasteiger partial charge in [-0.15, -0.1) is 22.7 Å². The van der Waals surface area contributed by atoms with Crippen molar-refractivity contribution in [1.82, 2.24) is 10.2 Å². The molecule has 1 unspecified atom stereocenters. The number of rotatable bonds is 6. The lowest BCUT2D eigenvalue weighted by atomic mass is 9.98. The molecule has 2 aliphatic rings. The van der Waals surface area contributed by atoms with Crippen LogP contribution in [0.4, 0.5) is 5.69 Å². The van der Waals surface area contributed by atoms with Crippen molar-refractivity contribution in [2.75, 3.05) is 18.4 Å². The van der Waals surface area contributed by atoms with Crippen LogP contribution in [-0.4, -0.2) is 35.8 Å². The molecule has 2 aromatic heterocycles. The highest BCUT2D eigenvalue weighted by atomic mass is 32.1. The minimum Gasteiger partial charge on any atom is -0.349 e. The summed E-state index contributed by atoms with van der Waals surface area (Å²) in [6, 6.07) is 14.0. The van der Waals surface area contributed by atoms with Crippen LogP contribution in [0, 0.1) is 0 Å². The van der Waals surface area contributed by atoms with Crippen LogP contribution in [-0.2, 0) is 11.2 Å². The van der Waals surface area contributed by atoms with Gasteiger partial charge in [0.05, 0.1) is 23.8 Å². The number of anilines is 1. The van der Waals surface area contributed by atoms with E-state index in [1.54, 1.807) is 34.8 Å². The smallest absolute Gasteiger partial charge is 0.253 e. The fourth-order valence-electron chi connectivity index (χ4n) is 3.97. The number of carbonyl (C=O) groups excluding carboxylic acids is 2. The molecule has 0 radical (unpaired) electrons. The number of amides is 2. The first kappa shape index (κ1) is 19.5. The topological polar surface area (TPSA) is 61.4 Å². The molecular weight excluding hydrogens is 414 g/mol. The zero-order valence-electron chi connectivity index (χ0n) is 16.5. The maximum Gasteiger partial charge on any atom is 0.253 e. The van der Waals surface area contributed by atoms with Gasteiger partial charge in [0, 0.05) is 22.3 Å². The first-order valence-electron chi connectivity index (χ1n) is 10.2. The van der Waals surface area contributed by atoms with Gasteiger partial charge < -0.3 is 10.6 Å². The molecule has 1 fully saturated rings. The summed E-state index contributed by atoms with van der Waals surface area (Å²) >= 11 is 3.53. The maximum atomic E-state index is 13.0. The minimum absolute atomic E-state index is 0.0955. The molecular formula is C23H23N3O2S2. The quantitative estimate of drug-likeness (QED) is 0.605. The van der Waals surface area contributed by atoms with E-state index in [9.17, 15) is 9.59 Å². The van der Waals surface area contributed by atoms with Crippen LogP contribution in [0.1, 0.15) is 44.6 Å². The van der Waals surface area contributed by atoms with Crippen molar-refractivity contribution in [3.63, 3.8) is 0 Å². The summed E-state index contributed by atoms with van der Waals surface area (Å²) in [6.45, 7) is 1.13. The average molecular weight is 438 g/mol. The molecule has 3 aromatic rings. The molecule has 0 saturated heterocycles. The highest BCUT2D eigenvalue weighted by Gasteiger charge is 2.31. The van der Waals surface area contributed by atoms with Gasteiger partial charge in [-0.3, -0.25) is 14.5 Å². The van der Waals surface area contributed by atoms with Crippen molar-refractivity contribution in [1.29, 1.82) is 0 Å². The second kappa shape index (κ2) is 8.34. The van der Waals surface area contributed by atoms with Gasteiger partial charge in [0.15, 0.2) is 0 Å². The molecule has 30 heavy (non-hydrogen) atoms. The third-order valence-electron chi connectivity index (χ3n) is 5.58. The van der Waals surface area contributed by atoms with Crippen LogP contribution < -0.4 is 10.6 Å². The molecule has 5 rings (SSSR count). The number of hydrogen-bond acceptors (Lipinski definition) is 5. The second-order valence-corrected chi connectivity index (χ2v) is 9.76. The molecule has 5 nitrogen and oxygen atoms in total. The number of thiophene rings is 2. The minimum atomic E-state index is -0.120. The molecule has 1 aliphatic heterocycles. The van der Waals surface area contributed by atoms with Gasteiger partial charge in [-0.1, -0.05) is 18.2 Å². The number of fused-ring (bicyclic) bond motifs is 1. The van der Waals surface area contributed by atoms with E-state index in [2.05, 4.69) is 44.5 Å². The van der Waals surface area contributed by atoms with Crippen molar-refractivity contribution in [2.45, 2.75) is 31.3 Å². The molecule has 0 bridgehead atoms. The Morgan fingerprint density at radius 2 is 1.90 bits per heavy atom. The molecule has 154 valence electrons. The van der Waals surface area contributed by atoms with Crippen LogP contribution in [0.5, 0.6) is 0 Å². The van der Waals surface area contributed by atoms with Gasteiger partial charge >= 0.3 is 0 Å². The van der Waals surface area contributed by atoms with Crippen LogP contribution in [0.25, 0.3) is 0 Å². The highest BCUT2D eigenvalue weighted by molar-refractivity contribution is 7.10. The van der Waals surface area contributed by atoms with Gasteiger partial charge in [0.25, 0.3) is 5.91 Å². The van der Waals surface area contributed by atoms with Crippen molar-refractivity contribution in [2.24, 2.45) is 0 Å². The largest absolute Gasteiger partial charge is 0.349 e. The van der Waals surface area contributed by atoms with Crippen LogP contribution in [0.3, 0.4) is 0 Å². The van der Waals surface area contributed by atoms with E-state index in [4.69, 9.17) is 0 Å². The Morgan fingerprint density at radius 3 is 2.70 bits per heavy atom. The molecule has 7 heteroatoms. The van der Waals surface area contributed by atoms with E-state index < -0.39 is 0 Å². The van der Waals surface area contributed by atoms with Crippen LogP contribution in [0.15, 0.2) is 53.2 Å². The molecule has 2 amide bonds. The maximum absolute atomic E-state index is 13.0. The van der Waals surface area contributed by atoms with Gasteiger partial charge in [-0.05, 0) is 59.9 Å². The summed E-state index contributed by atoms with van der Waals surface area (Å²) in [5.41, 5.74) is 2.40. The summed E-state index contributed by atoms with van der Waals surface area (Å²) in [6.07, 6.45) is 3.02. The Bertz CT molecular complexity index is 1060. The van der Waals surface area contributed by atoms with Crippen molar-refractivity contribution >= 4 is 40.2 Å². The predicted molar refractivity (Wildman–Crippen MR) is 121 cm³/mol. The van der Waals surface area contributed by atoms with Crippen molar-refractivity contribution < 1.29 is 9.59 Å². The SMILES string of the molecule is O=C(CN1CCc2sccc2C1c1cccs1)Nc1ccccc1C(=O)NC1CC1. The van der Waals surface area contributed by atoms with E-state index in [1.165, 1.54) is 15.3 Å². The Balaban J connectivity index is 1.33. The number of para-hydroxylation sites is 1. The first-order chi connectivity index (χ1) is 14.7. The van der Waals surface area contributed by atoms with Gasteiger partial charge in [0.1, 0.15) is 0 Å². The summed E-state index contributed by atoms with van der Waals surface area (Å²) in [7, 11) is 0. The standard InChI is InChI=1S/C23H23N3O2S2/c27-21(25-18-5-2-1-4-16(18)23(28)24-15-7-8-15)14-26-11-9-19-17(10-13-30-19)22(26)20-6-3-12-29-20/h1-6,10,12-13,15,22H,7-9,11,14H2,(H,24,28)(H,25,27). The summed E-state index contributed by atoms with van der Waals surface area (Å²) in [5, 5.41) is 10.2. The fraction of sp³-hybridized carbons (Fsp3) is 0.304. The third kappa shape index (κ3) is 4.05. The molecule has 2 N–H and O–H groups in total. The second-order valence-electron chi connectivity index (χ2n) is 7.78. The fourth-order valence-corrected chi connectivity index (χ4v) is 5.75. The highest BCUT2D eigenvalue weighted by Crippen LogP contribution is 2.39. The molecule has 0 spiro atoms. The normalized spacial score (nSPS) is 18.6. The summed E-state index contributed by atoms with van der Waals surface area (Å²) in [4.78, 5) is 30.4. The van der Waals surface area contributed by atoms with E-state index >= 15 is 0 Å². The number of hydrogen-bond donors (Lipinski definition) is 2. The zero-order valence-corrected chi connectivity index (χ0v) is 18.1. The summed E-state index contributed by atoms with van der Waals surface area (Å²) in [5.74, 6) is -0.215. The Morgan fingerprint density at radius 1 is 1.03 bits per heavy atom. The van der Waals surface area contributed by atoms with E-state index in [0.717, 1.165) is 25.8 Å². The Labute approximate surface area is 183 Å². The lowest BCUT2D eigenvalue weighted by Crippen LogP contribution is -2.40. The number of nitrogens with zero attached hydrogens (tertiary/aromatic N) is 1. The molecule has 3 heterocycles. The molecule has 1 saturated carbocycles. The first-order valence-corrected chi connectivity index (χ1v) is 12.0. The van der Waals surface area contributed by atoms with Crippen LogP contribution in [0.2, 0.25) is 0 Å². The lowest BCUT2D eigenvalue weighted by molar-refractivity contribution is -0.117. The zero-order chi connectivity index (χ0) is 20.5. The molecule has 1 atom stereocenters. The molecule has 1 aromatic carbocycles. The van der Waals surface area contributed by atoms with E-state index in [0.29, 0.717) is 11.3 Å². The number of benzene rings is 1. The van der Waals surface area contributed by atoms with Crippen molar-refractivity contribution in [3.8, 4) is 0 Å². The van der Waals surface area contributed by atoms with Gasteiger partial charge in [0.2, 0.25) is 5.91 Å². The van der Waals surface area contributed by atoms with Crippen molar-refractivity contribution in [3.05, 3.63) is 74.1 Å². The number of carbonyl (C=O) groups is 2. The Kier molecular flexibility index (Phi) is 5.41. The summed E-state index contributed by atoms with van der Waals surface area (Å²) < 4.78 is 0. The van der Waals surface area contributed by atoms with Gasteiger partial charge in [-0.25, -0.2) is 0 Å². The lowest BCUT2D eigenvalue weighted by Gasteiger charge is -2.34. The third-order valence-corrected chi connectivity index (χ3v) is 7.50. The predicted octanol–water partition coefficient (Wildman–Crippen LogP) is 4.29. The van der Waals surface area contributed by atoms with E-state index in [1.807, 2.05) is 12.1 Å². The van der Waals surface area contributed by atoms with Gasteiger partial charge in [-0.2, -0.15) is 0 Å². The van der Waals surface area contributed by atoms with E-state index in [-0.39, 0.29) is 30.4 Å². The van der Waals surface area contributed by atoms with Crippen LogP contribution >= 0.6 is 22.7 Å². The Hall–Kier alpha value is -2.48.